The number of hydrogen-bond acceptors (Lipinski definition) is 3. The summed E-state index contributed by atoms with van der Waals surface area (Å²) in [5.41, 5.74) is 0. The van der Waals surface area contributed by atoms with Crippen LogP contribution in [0.1, 0.15) is 0 Å². The molecule has 0 aliphatic heterocycles. The van der Waals surface area contributed by atoms with Gasteiger partial charge in [-0.1, -0.05) is 6.07 Å². The standard InChI is InChI=1S/C5H5N.H2OS.Zn/c1-2-4-6-5-3-1;1-2;/h1-5H;1-2H;. The van der Waals surface area contributed by atoms with E-state index in [1.54, 1.807) is 12.4 Å². The van der Waals surface area contributed by atoms with Crippen LogP contribution in [0.3, 0.4) is 0 Å². The average molecular weight is 195 g/mol. The van der Waals surface area contributed by atoms with E-state index < -0.39 is 0 Å². The second-order valence-electron chi connectivity index (χ2n) is 1.02. The molecule has 2 nitrogen and oxygen atoms in total. The summed E-state index contributed by atoms with van der Waals surface area (Å²) in [5.74, 6) is 0. The van der Waals surface area contributed by atoms with Gasteiger partial charge in [-0.25, -0.2) is 0 Å². The predicted molar refractivity (Wildman–Crippen MR) is 35.9 cm³/mol. The number of pyridine rings is 1. The van der Waals surface area contributed by atoms with E-state index in [9.17, 15) is 0 Å². The number of thiol groups is 1. The van der Waals surface area contributed by atoms with Gasteiger partial charge in [0.15, 0.2) is 0 Å². The predicted octanol–water partition coefficient (Wildman–Crippen LogP) is 1.47. The van der Waals surface area contributed by atoms with Crippen LogP contribution in [0.25, 0.3) is 0 Å². The molecule has 0 fully saturated rings. The number of rotatable bonds is 0. The Balaban J connectivity index is 0. The summed E-state index contributed by atoms with van der Waals surface area (Å²) in [7, 11) is 0. The van der Waals surface area contributed by atoms with Gasteiger partial charge in [-0.05, 0) is 25.0 Å². The molecule has 0 spiro atoms. The van der Waals surface area contributed by atoms with Crippen molar-refractivity contribution in [1.82, 2.24) is 4.98 Å². The summed E-state index contributed by atoms with van der Waals surface area (Å²) in [4.78, 5) is 3.78. The molecule has 1 rings (SSSR count). The van der Waals surface area contributed by atoms with Gasteiger partial charge in [-0.15, -0.1) is 0 Å². The van der Waals surface area contributed by atoms with Gasteiger partial charge in [0.05, 0.1) is 0 Å². The van der Waals surface area contributed by atoms with E-state index in [-0.39, 0.29) is 19.5 Å². The third kappa shape index (κ3) is 8.08. The van der Waals surface area contributed by atoms with E-state index in [4.69, 9.17) is 4.55 Å². The Kier molecular flexibility index (Phi) is 14.4. The molecule has 1 heterocycles. The van der Waals surface area contributed by atoms with Gasteiger partial charge in [0.25, 0.3) is 0 Å². The van der Waals surface area contributed by atoms with Crippen LogP contribution in [-0.2, 0) is 19.5 Å². The van der Waals surface area contributed by atoms with Gasteiger partial charge >= 0.3 is 0 Å². The first-order valence-corrected chi connectivity index (χ1v) is 2.45. The Labute approximate surface area is 72.7 Å². The second-order valence-corrected chi connectivity index (χ2v) is 1.02. The van der Waals surface area contributed by atoms with Crippen molar-refractivity contribution in [3.05, 3.63) is 30.6 Å². The van der Waals surface area contributed by atoms with E-state index in [2.05, 4.69) is 17.9 Å². The van der Waals surface area contributed by atoms with Gasteiger partial charge in [0.1, 0.15) is 0 Å². The maximum absolute atomic E-state index is 6.69. The fraction of sp³-hybridized carbons (Fsp3) is 0. The minimum atomic E-state index is 0. The van der Waals surface area contributed by atoms with Crippen molar-refractivity contribution in [1.29, 1.82) is 0 Å². The summed E-state index contributed by atoms with van der Waals surface area (Å²) in [6.07, 6.45) is 3.50. The van der Waals surface area contributed by atoms with E-state index in [1.807, 2.05) is 18.2 Å². The Hall–Kier alpha value is 0.0834. The normalized spacial score (nSPS) is 6.00. The molecule has 0 amide bonds. The SMILES string of the molecule is OS.[Zn].c1ccncc1. The molecule has 0 aliphatic carbocycles. The maximum Gasteiger partial charge on any atom is 0.0267 e. The third-order valence-corrected chi connectivity index (χ3v) is 0.566. The molecule has 0 saturated carbocycles. The van der Waals surface area contributed by atoms with Crippen molar-refractivity contribution < 1.29 is 24.0 Å². The van der Waals surface area contributed by atoms with Gasteiger partial charge in [0.2, 0.25) is 0 Å². The monoisotopic (exact) mass is 193 g/mol. The van der Waals surface area contributed by atoms with E-state index in [1.165, 1.54) is 0 Å². The van der Waals surface area contributed by atoms with Crippen molar-refractivity contribution in [2.24, 2.45) is 0 Å². The van der Waals surface area contributed by atoms with Crippen molar-refractivity contribution >= 4 is 12.9 Å². The largest absolute Gasteiger partial charge is 0.333 e. The molecule has 0 unspecified atom stereocenters. The summed E-state index contributed by atoms with van der Waals surface area (Å²) in [6.45, 7) is 0. The quantitative estimate of drug-likeness (QED) is 0.373. The van der Waals surface area contributed by atoms with E-state index in [0.29, 0.717) is 0 Å². The minimum Gasteiger partial charge on any atom is -0.333 e. The topological polar surface area (TPSA) is 33.1 Å². The zero-order valence-electron chi connectivity index (χ0n) is 4.94. The van der Waals surface area contributed by atoms with Crippen LogP contribution >= 0.6 is 12.9 Å². The molecule has 0 bridgehead atoms. The molecule has 1 aromatic heterocycles. The van der Waals surface area contributed by atoms with Crippen LogP contribution < -0.4 is 0 Å². The summed E-state index contributed by atoms with van der Waals surface area (Å²) >= 11 is 2.53. The molecule has 4 heteroatoms. The first-order valence-electron chi connectivity index (χ1n) is 2.05. The molecular weight excluding hydrogens is 188 g/mol. The Morgan fingerprint density at radius 2 is 1.44 bits per heavy atom. The smallest absolute Gasteiger partial charge is 0.0267 e. The number of hydrogen-bond donors (Lipinski definition) is 2. The van der Waals surface area contributed by atoms with Crippen molar-refractivity contribution in [2.75, 3.05) is 0 Å². The maximum atomic E-state index is 6.69. The van der Waals surface area contributed by atoms with Crippen molar-refractivity contribution in [2.45, 2.75) is 0 Å². The van der Waals surface area contributed by atoms with Crippen LogP contribution in [0.2, 0.25) is 0 Å². The average Bonchev–Trinajstić information content (AvgIpc) is 1.96. The van der Waals surface area contributed by atoms with Gasteiger partial charge < -0.3 is 4.55 Å². The molecule has 0 saturated heterocycles. The first-order chi connectivity index (χ1) is 4.00. The van der Waals surface area contributed by atoms with E-state index in [0.717, 1.165) is 0 Å². The van der Waals surface area contributed by atoms with Crippen LogP contribution in [0.4, 0.5) is 0 Å². The molecule has 46 valence electrons. The zero-order valence-corrected chi connectivity index (χ0v) is 8.80. The summed E-state index contributed by atoms with van der Waals surface area (Å²) < 4.78 is 6.69. The molecule has 1 N–H and O–H groups in total. The molecule has 0 aromatic carbocycles. The van der Waals surface area contributed by atoms with Gasteiger partial charge in [-0.2, -0.15) is 0 Å². The third-order valence-electron chi connectivity index (χ3n) is 0.566. The fourth-order valence-electron chi connectivity index (χ4n) is 0.313. The van der Waals surface area contributed by atoms with Gasteiger partial charge in [0, 0.05) is 31.9 Å². The minimum absolute atomic E-state index is 0. The van der Waals surface area contributed by atoms with Crippen LogP contribution in [-0.4, -0.2) is 9.54 Å². The molecule has 0 aliphatic rings. The zero-order chi connectivity index (χ0) is 6.24. The number of aromatic nitrogens is 1. The molecule has 0 radical (unpaired) electrons. The molecule has 0 atom stereocenters. The van der Waals surface area contributed by atoms with Crippen molar-refractivity contribution in [3.63, 3.8) is 0 Å². The van der Waals surface area contributed by atoms with Crippen LogP contribution in [0, 0.1) is 0 Å². The Morgan fingerprint density at radius 3 is 1.56 bits per heavy atom. The second kappa shape index (κ2) is 11.0. The molecule has 9 heavy (non-hydrogen) atoms. The fourth-order valence-corrected chi connectivity index (χ4v) is 0.313. The Morgan fingerprint density at radius 1 is 1.00 bits per heavy atom. The first kappa shape index (κ1) is 11.8. The van der Waals surface area contributed by atoms with Crippen molar-refractivity contribution in [3.8, 4) is 0 Å². The Bertz CT molecular complexity index is 88.9. The van der Waals surface area contributed by atoms with Gasteiger partial charge in [-0.3, -0.25) is 4.98 Å². The van der Waals surface area contributed by atoms with Crippen LogP contribution in [0.15, 0.2) is 30.6 Å². The van der Waals surface area contributed by atoms with Crippen LogP contribution in [0.5, 0.6) is 0 Å². The summed E-state index contributed by atoms with van der Waals surface area (Å²) in [6, 6.07) is 5.72. The summed E-state index contributed by atoms with van der Waals surface area (Å²) in [5, 5.41) is 0. The molecular formula is C5H7NOSZn. The molecule has 1 aromatic rings. The van der Waals surface area contributed by atoms with E-state index >= 15 is 0 Å². The number of nitrogens with zero attached hydrogens (tertiary/aromatic N) is 1.